The van der Waals surface area contributed by atoms with E-state index in [1.54, 1.807) is 0 Å². The van der Waals surface area contributed by atoms with Crippen molar-refractivity contribution in [1.82, 2.24) is 0 Å². The standard InChI is InChI=1S/C8H7ClF4/c1-4-2-7(10)6(9)3-5(4)8(11,12)13/h3-4H,2H2,1H3. The zero-order chi connectivity index (χ0) is 10.2. The van der Waals surface area contributed by atoms with Crippen LogP contribution >= 0.6 is 11.6 Å². The first-order chi connectivity index (χ1) is 5.82. The van der Waals surface area contributed by atoms with E-state index in [1.165, 1.54) is 6.92 Å². The number of rotatable bonds is 0. The highest BCUT2D eigenvalue weighted by Gasteiger charge is 2.39. The molecular formula is C8H7ClF4. The van der Waals surface area contributed by atoms with Crippen molar-refractivity contribution in [3.8, 4) is 0 Å². The Morgan fingerprint density at radius 1 is 1.46 bits per heavy atom. The van der Waals surface area contributed by atoms with Crippen LogP contribution in [0.1, 0.15) is 13.3 Å². The molecule has 1 aliphatic rings. The summed E-state index contributed by atoms with van der Waals surface area (Å²) >= 11 is 5.26. The van der Waals surface area contributed by atoms with E-state index in [-0.39, 0.29) is 6.42 Å². The van der Waals surface area contributed by atoms with Crippen LogP contribution < -0.4 is 0 Å². The summed E-state index contributed by atoms with van der Waals surface area (Å²) in [5.74, 6) is -1.54. The predicted molar refractivity (Wildman–Crippen MR) is 41.9 cm³/mol. The predicted octanol–water partition coefficient (Wildman–Crippen LogP) is 3.93. The molecular weight excluding hydrogens is 208 g/mol. The van der Waals surface area contributed by atoms with Crippen LogP contribution in [0.25, 0.3) is 0 Å². The monoisotopic (exact) mass is 214 g/mol. The van der Waals surface area contributed by atoms with Gasteiger partial charge in [0, 0.05) is 12.0 Å². The van der Waals surface area contributed by atoms with Crippen LogP contribution in [0.5, 0.6) is 0 Å². The first kappa shape index (κ1) is 10.6. The molecule has 1 atom stereocenters. The summed E-state index contributed by atoms with van der Waals surface area (Å²) in [4.78, 5) is 0. The van der Waals surface area contributed by atoms with E-state index in [4.69, 9.17) is 11.6 Å². The first-order valence-corrected chi connectivity index (χ1v) is 4.03. The molecule has 0 bridgehead atoms. The van der Waals surface area contributed by atoms with Gasteiger partial charge in [-0.05, 0) is 12.0 Å². The van der Waals surface area contributed by atoms with Gasteiger partial charge in [0.25, 0.3) is 0 Å². The fraction of sp³-hybridized carbons (Fsp3) is 0.500. The molecule has 0 aromatic heterocycles. The van der Waals surface area contributed by atoms with Crippen molar-refractivity contribution < 1.29 is 17.6 Å². The lowest BCUT2D eigenvalue weighted by atomic mass is 9.92. The summed E-state index contributed by atoms with van der Waals surface area (Å²) in [6, 6.07) is 0. The molecule has 0 heterocycles. The Labute approximate surface area is 77.9 Å². The van der Waals surface area contributed by atoms with E-state index >= 15 is 0 Å². The maximum atomic E-state index is 12.7. The molecule has 5 heteroatoms. The Morgan fingerprint density at radius 2 is 2.00 bits per heavy atom. The largest absolute Gasteiger partial charge is 0.413 e. The highest BCUT2D eigenvalue weighted by Crippen LogP contribution is 2.40. The van der Waals surface area contributed by atoms with E-state index in [2.05, 4.69) is 0 Å². The summed E-state index contributed by atoms with van der Waals surface area (Å²) in [6.45, 7) is 1.32. The minimum Gasteiger partial charge on any atom is -0.210 e. The molecule has 0 aromatic carbocycles. The fourth-order valence-corrected chi connectivity index (χ4v) is 1.39. The highest BCUT2D eigenvalue weighted by atomic mass is 35.5. The minimum atomic E-state index is -4.42. The van der Waals surface area contributed by atoms with Gasteiger partial charge in [-0.15, -0.1) is 0 Å². The van der Waals surface area contributed by atoms with Gasteiger partial charge in [-0.1, -0.05) is 18.5 Å². The van der Waals surface area contributed by atoms with Crippen LogP contribution in [0.3, 0.4) is 0 Å². The van der Waals surface area contributed by atoms with Gasteiger partial charge in [0.05, 0.1) is 5.03 Å². The number of allylic oxidation sites excluding steroid dienone is 4. The quantitative estimate of drug-likeness (QED) is 0.536. The third-order valence-electron chi connectivity index (χ3n) is 1.89. The Bertz CT molecular complexity index is 274. The van der Waals surface area contributed by atoms with Crippen molar-refractivity contribution in [3.63, 3.8) is 0 Å². The Hall–Kier alpha value is -0.510. The van der Waals surface area contributed by atoms with Crippen LogP contribution in [0.4, 0.5) is 17.6 Å². The lowest BCUT2D eigenvalue weighted by molar-refractivity contribution is -0.0987. The van der Waals surface area contributed by atoms with Gasteiger partial charge in [-0.3, -0.25) is 0 Å². The lowest BCUT2D eigenvalue weighted by Crippen LogP contribution is -2.20. The molecule has 1 rings (SSSR count). The zero-order valence-corrected chi connectivity index (χ0v) is 7.51. The zero-order valence-electron chi connectivity index (χ0n) is 6.75. The van der Waals surface area contributed by atoms with Crippen LogP contribution in [0.15, 0.2) is 22.5 Å². The van der Waals surface area contributed by atoms with Crippen LogP contribution in [-0.4, -0.2) is 6.18 Å². The summed E-state index contributed by atoms with van der Waals surface area (Å²) in [7, 11) is 0. The van der Waals surface area contributed by atoms with Gasteiger partial charge in [0.15, 0.2) is 0 Å². The van der Waals surface area contributed by atoms with Gasteiger partial charge in [-0.2, -0.15) is 13.2 Å². The molecule has 0 nitrogen and oxygen atoms in total. The van der Waals surface area contributed by atoms with E-state index in [9.17, 15) is 17.6 Å². The normalized spacial score (nSPS) is 24.8. The van der Waals surface area contributed by atoms with E-state index < -0.39 is 28.5 Å². The molecule has 0 saturated carbocycles. The summed E-state index contributed by atoms with van der Waals surface area (Å²) < 4.78 is 49.4. The molecule has 0 saturated heterocycles. The van der Waals surface area contributed by atoms with Crippen LogP contribution in [-0.2, 0) is 0 Å². The van der Waals surface area contributed by atoms with Crippen molar-refractivity contribution in [1.29, 1.82) is 0 Å². The molecule has 0 aliphatic heterocycles. The summed E-state index contributed by atoms with van der Waals surface area (Å²) in [5, 5.41) is -0.439. The molecule has 0 N–H and O–H groups in total. The van der Waals surface area contributed by atoms with Crippen molar-refractivity contribution in [3.05, 3.63) is 22.5 Å². The van der Waals surface area contributed by atoms with E-state index in [0.29, 0.717) is 6.08 Å². The van der Waals surface area contributed by atoms with Crippen molar-refractivity contribution in [2.45, 2.75) is 19.5 Å². The number of halogens is 5. The third kappa shape index (κ3) is 2.24. The van der Waals surface area contributed by atoms with Crippen LogP contribution in [0.2, 0.25) is 0 Å². The number of hydrogen-bond donors (Lipinski definition) is 0. The minimum absolute atomic E-state index is 0.274. The van der Waals surface area contributed by atoms with Crippen molar-refractivity contribution in [2.75, 3.05) is 0 Å². The maximum absolute atomic E-state index is 12.7. The Balaban J connectivity index is 3.04. The third-order valence-corrected chi connectivity index (χ3v) is 2.20. The van der Waals surface area contributed by atoms with Gasteiger partial charge in [0.2, 0.25) is 0 Å². The SMILES string of the molecule is CC1CC(F)=C(Cl)C=C1C(F)(F)F. The van der Waals surface area contributed by atoms with Crippen molar-refractivity contribution >= 4 is 11.6 Å². The van der Waals surface area contributed by atoms with Crippen molar-refractivity contribution in [2.24, 2.45) is 5.92 Å². The second-order valence-electron chi connectivity index (χ2n) is 2.96. The number of alkyl halides is 3. The smallest absolute Gasteiger partial charge is 0.210 e. The molecule has 0 amide bonds. The van der Waals surface area contributed by atoms with E-state index in [1.807, 2.05) is 0 Å². The Kier molecular flexibility index (Phi) is 2.71. The number of hydrogen-bond acceptors (Lipinski definition) is 0. The van der Waals surface area contributed by atoms with E-state index in [0.717, 1.165) is 0 Å². The first-order valence-electron chi connectivity index (χ1n) is 3.65. The molecule has 0 radical (unpaired) electrons. The second kappa shape index (κ2) is 3.33. The molecule has 0 fully saturated rings. The van der Waals surface area contributed by atoms with Gasteiger partial charge in [-0.25, -0.2) is 4.39 Å². The molecule has 0 spiro atoms. The summed E-state index contributed by atoms with van der Waals surface area (Å²) in [6.07, 6.45) is -4.03. The van der Waals surface area contributed by atoms with Gasteiger partial charge < -0.3 is 0 Å². The molecule has 74 valence electrons. The van der Waals surface area contributed by atoms with Gasteiger partial charge >= 0.3 is 6.18 Å². The highest BCUT2D eigenvalue weighted by molar-refractivity contribution is 6.31. The maximum Gasteiger partial charge on any atom is 0.413 e. The average Bonchev–Trinajstić information content (AvgIpc) is 1.94. The average molecular weight is 215 g/mol. The van der Waals surface area contributed by atoms with Crippen LogP contribution in [0, 0.1) is 5.92 Å². The molecule has 13 heavy (non-hydrogen) atoms. The molecule has 1 aliphatic carbocycles. The Morgan fingerprint density at radius 3 is 2.46 bits per heavy atom. The second-order valence-corrected chi connectivity index (χ2v) is 3.36. The topological polar surface area (TPSA) is 0 Å². The molecule has 1 unspecified atom stereocenters. The van der Waals surface area contributed by atoms with Gasteiger partial charge in [0.1, 0.15) is 5.83 Å². The summed E-state index contributed by atoms with van der Waals surface area (Å²) in [5.41, 5.74) is -0.765. The fourth-order valence-electron chi connectivity index (χ4n) is 1.19. The lowest BCUT2D eigenvalue weighted by Gasteiger charge is -2.21. The molecule has 0 aromatic rings.